The molecule has 0 fully saturated rings. The van der Waals surface area contributed by atoms with E-state index in [0.717, 1.165) is 5.56 Å². The van der Waals surface area contributed by atoms with Gasteiger partial charge in [-0.2, -0.15) is 0 Å². The summed E-state index contributed by atoms with van der Waals surface area (Å²) in [5.41, 5.74) is 6.84. The zero-order valence-corrected chi connectivity index (χ0v) is 11.1. The zero-order chi connectivity index (χ0) is 15.2. The van der Waals surface area contributed by atoms with Gasteiger partial charge in [-0.15, -0.1) is 0 Å². The lowest BCUT2D eigenvalue weighted by Gasteiger charge is -2.07. The van der Waals surface area contributed by atoms with E-state index in [1.807, 2.05) is 0 Å². The standard InChI is InChI=1S/C15H14FN3O2/c16-13-4-2-1-3-12(13)15(20)18-9-10-5-7-11(8-6-10)14(17)19-21/h1-8,21H,9H2,(H2,17,19)(H,18,20). The number of amides is 1. The molecule has 0 aliphatic heterocycles. The van der Waals surface area contributed by atoms with E-state index in [1.54, 1.807) is 30.3 Å². The van der Waals surface area contributed by atoms with Crippen molar-refractivity contribution in [2.45, 2.75) is 6.54 Å². The summed E-state index contributed by atoms with van der Waals surface area (Å²) in [7, 11) is 0. The molecule has 21 heavy (non-hydrogen) atoms. The van der Waals surface area contributed by atoms with E-state index in [1.165, 1.54) is 18.2 Å². The van der Waals surface area contributed by atoms with E-state index in [9.17, 15) is 9.18 Å². The molecule has 0 aromatic heterocycles. The molecule has 2 rings (SSSR count). The summed E-state index contributed by atoms with van der Waals surface area (Å²) in [6.07, 6.45) is 0. The fraction of sp³-hybridized carbons (Fsp3) is 0.0667. The largest absolute Gasteiger partial charge is 0.409 e. The Morgan fingerprint density at radius 1 is 1.19 bits per heavy atom. The van der Waals surface area contributed by atoms with Gasteiger partial charge in [0, 0.05) is 12.1 Å². The van der Waals surface area contributed by atoms with Crippen molar-refractivity contribution >= 4 is 11.7 Å². The van der Waals surface area contributed by atoms with Gasteiger partial charge in [0.05, 0.1) is 5.56 Å². The monoisotopic (exact) mass is 287 g/mol. The van der Waals surface area contributed by atoms with Crippen molar-refractivity contribution in [1.29, 1.82) is 0 Å². The topological polar surface area (TPSA) is 87.7 Å². The molecule has 0 atom stereocenters. The van der Waals surface area contributed by atoms with Crippen LogP contribution in [0.4, 0.5) is 4.39 Å². The van der Waals surface area contributed by atoms with Crippen LogP contribution in [0.1, 0.15) is 21.5 Å². The Morgan fingerprint density at radius 3 is 2.48 bits per heavy atom. The summed E-state index contributed by atoms with van der Waals surface area (Å²) in [6, 6.07) is 12.6. The fourth-order valence-electron chi connectivity index (χ4n) is 1.77. The van der Waals surface area contributed by atoms with Crippen LogP contribution in [0.15, 0.2) is 53.7 Å². The molecule has 0 aliphatic carbocycles. The fourth-order valence-corrected chi connectivity index (χ4v) is 1.77. The maximum atomic E-state index is 13.4. The molecule has 2 aromatic rings. The van der Waals surface area contributed by atoms with Gasteiger partial charge in [-0.25, -0.2) is 4.39 Å². The Kier molecular flexibility index (Phi) is 4.50. The van der Waals surface area contributed by atoms with Crippen LogP contribution in [-0.2, 0) is 6.54 Å². The van der Waals surface area contributed by atoms with Crippen molar-refractivity contribution in [2.75, 3.05) is 0 Å². The predicted octanol–water partition coefficient (Wildman–Crippen LogP) is 1.85. The van der Waals surface area contributed by atoms with Crippen LogP contribution in [0.2, 0.25) is 0 Å². The van der Waals surface area contributed by atoms with E-state index >= 15 is 0 Å². The molecule has 0 spiro atoms. The number of hydrogen-bond acceptors (Lipinski definition) is 3. The summed E-state index contributed by atoms with van der Waals surface area (Å²) in [5, 5.41) is 14.1. The normalized spacial score (nSPS) is 11.2. The van der Waals surface area contributed by atoms with E-state index in [4.69, 9.17) is 10.9 Å². The van der Waals surface area contributed by atoms with Gasteiger partial charge in [0.2, 0.25) is 0 Å². The smallest absolute Gasteiger partial charge is 0.254 e. The van der Waals surface area contributed by atoms with E-state index < -0.39 is 11.7 Å². The number of nitrogens with one attached hydrogen (secondary N) is 1. The van der Waals surface area contributed by atoms with Crippen molar-refractivity contribution in [3.05, 3.63) is 71.0 Å². The molecule has 0 unspecified atom stereocenters. The summed E-state index contributed by atoms with van der Waals surface area (Å²) in [4.78, 5) is 11.8. The first-order chi connectivity index (χ1) is 10.1. The SMILES string of the molecule is NC(=NO)c1ccc(CNC(=O)c2ccccc2F)cc1. The highest BCUT2D eigenvalue weighted by molar-refractivity contribution is 5.97. The lowest BCUT2D eigenvalue weighted by Crippen LogP contribution is -2.23. The van der Waals surface area contributed by atoms with Gasteiger partial charge in [0.25, 0.3) is 5.91 Å². The highest BCUT2D eigenvalue weighted by atomic mass is 19.1. The van der Waals surface area contributed by atoms with E-state index in [-0.39, 0.29) is 17.9 Å². The third kappa shape index (κ3) is 3.56. The van der Waals surface area contributed by atoms with Gasteiger partial charge in [-0.3, -0.25) is 4.79 Å². The Labute approximate surface area is 120 Å². The molecule has 0 bridgehead atoms. The number of carbonyl (C=O) groups is 1. The van der Waals surface area contributed by atoms with E-state index in [0.29, 0.717) is 5.56 Å². The molecule has 0 saturated heterocycles. The summed E-state index contributed by atoms with van der Waals surface area (Å²) in [5.74, 6) is -1.03. The predicted molar refractivity (Wildman–Crippen MR) is 76.5 cm³/mol. The molecule has 0 radical (unpaired) electrons. The Morgan fingerprint density at radius 2 is 1.86 bits per heavy atom. The molecular weight excluding hydrogens is 273 g/mol. The van der Waals surface area contributed by atoms with Crippen molar-refractivity contribution < 1.29 is 14.4 Å². The van der Waals surface area contributed by atoms with Crippen LogP contribution >= 0.6 is 0 Å². The second-order valence-corrected chi connectivity index (χ2v) is 4.34. The summed E-state index contributed by atoms with van der Waals surface area (Å²) < 4.78 is 13.4. The highest BCUT2D eigenvalue weighted by Crippen LogP contribution is 2.08. The van der Waals surface area contributed by atoms with Gasteiger partial charge in [0.1, 0.15) is 5.82 Å². The minimum atomic E-state index is -0.558. The lowest BCUT2D eigenvalue weighted by molar-refractivity contribution is 0.0947. The highest BCUT2D eigenvalue weighted by Gasteiger charge is 2.10. The quantitative estimate of drug-likeness (QED) is 0.347. The van der Waals surface area contributed by atoms with Gasteiger partial charge in [-0.1, -0.05) is 41.6 Å². The molecule has 4 N–H and O–H groups in total. The van der Waals surface area contributed by atoms with Crippen LogP contribution in [0.5, 0.6) is 0 Å². The molecule has 0 aliphatic rings. The first-order valence-corrected chi connectivity index (χ1v) is 6.21. The maximum Gasteiger partial charge on any atom is 0.254 e. The Balaban J connectivity index is 2.00. The average Bonchev–Trinajstić information content (AvgIpc) is 2.52. The first-order valence-electron chi connectivity index (χ1n) is 6.21. The molecular formula is C15H14FN3O2. The molecule has 0 heterocycles. The molecule has 6 heteroatoms. The number of oxime groups is 1. The molecule has 2 aromatic carbocycles. The van der Waals surface area contributed by atoms with Crippen molar-refractivity contribution in [2.24, 2.45) is 10.9 Å². The minimum absolute atomic E-state index is 0.00535. The second-order valence-electron chi connectivity index (χ2n) is 4.34. The molecule has 5 nitrogen and oxygen atoms in total. The number of amidine groups is 1. The van der Waals surface area contributed by atoms with Crippen LogP contribution in [0.25, 0.3) is 0 Å². The van der Waals surface area contributed by atoms with Crippen LogP contribution in [0.3, 0.4) is 0 Å². The van der Waals surface area contributed by atoms with Gasteiger partial charge in [-0.05, 0) is 17.7 Å². The van der Waals surface area contributed by atoms with E-state index in [2.05, 4.69) is 10.5 Å². The number of benzene rings is 2. The molecule has 1 amide bonds. The molecule has 0 saturated carbocycles. The Hall–Kier alpha value is -2.89. The Bertz CT molecular complexity index is 669. The van der Waals surface area contributed by atoms with Crippen LogP contribution < -0.4 is 11.1 Å². The number of nitrogens with zero attached hydrogens (tertiary/aromatic N) is 1. The third-order valence-electron chi connectivity index (χ3n) is 2.93. The summed E-state index contributed by atoms with van der Waals surface area (Å²) in [6.45, 7) is 0.254. The second kappa shape index (κ2) is 6.51. The van der Waals surface area contributed by atoms with Crippen molar-refractivity contribution in [1.82, 2.24) is 5.32 Å². The molecule has 108 valence electrons. The lowest BCUT2D eigenvalue weighted by atomic mass is 10.1. The zero-order valence-electron chi connectivity index (χ0n) is 11.1. The van der Waals surface area contributed by atoms with Crippen molar-refractivity contribution in [3.8, 4) is 0 Å². The number of nitrogens with two attached hydrogens (primary N) is 1. The number of hydrogen-bond donors (Lipinski definition) is 3. The summed E-state index contributed by atoms with van der Waals surface area (Å²) >= 11 is 0. The van der Waals surface area contributed by atoms with Gasteiger partial charge >= 0.3 is 0 Å². The third-order valence-corrected chi connectivity index (χ3v) is 2.93. The van der Waals surface area contributed by atoms with Gasteiger partial charge in [0.15, 0.2) is 5.84 Å². The first kappa shape index (κ1) is 14.5. The number of rotatable bonds is 4. The number of carbonyl (C=O) groups excluding carboxylic acids is 1. The maximum absolute atomic E-state index is 13.4. The number of halogens is 1. The minimum Gasteiger partial charge on any atom is -0.409 e. The average molecular weight is 287 g/mol. The van der Waals surface area contributed by atoms with Crippen LogP contribution in [-0.4, -0.2) is 17.0 Å². The van der Waals surface area contributed by atoms with Gasteiger partial charge < -0.3 is 16.3 Å². The van der Waals surface area contributed by atoms with Crippen molar-refractivity contribution in [3.63, 3.8) is 0 Å². The van der Waals surface area contributed by atoms with Crippen LogP contribution in [0, 0.1) is 5.82 Å².